The number of carbonyl (C=O) groups is 3. The van der Waals surface area contributed by atoms with Gasteiger partial charge in [-0.1, -0.05) is 36.4 Å². The Kier molecular flexibility index (Phi) is 9.13. The molecule has 0 radical (unpaired) electrons. The number of aromatic nitrogens is 2. The van der Waals surface area contributed by atoms with Gasteiger partial charge in [0.1, 0.15) is 17.0 Å². The molecule has 6 rings (SSSR count). The second kappa shape index (κ2) is 13.2. The van der Waals surface area contributed by atoms with Gasteiger partial charge in [0.05, 0.1) is 29.5 Å². The first-order valence-electron chi connectivity index (χ1n) is 16.9. The third-order valence-electron chi connectivity index (χ3n) is 8.94. The van der Waals surface area contributed by atoms with Crippen molar-refractivity contribution in [3.63, 3.8) is 0 Å². The van der Waals surface area contributed by atoms with E-state index >= 15 is 0 Å². The molecule has 0 saturated carbocycles. The van der Waals surface area contributed by atoms with Crippen LogP contribution in [0.5, 0.6) is 0 Å². The van der Waals surface area contributed by atoms with Crippen molar-refractivity contribution in [1.82, 2.24) is 19.8 Å². The predicted molar refractivity (Wildman–Crippen MR) is 187 cm³/mol. The Hall–Kier alpha value is -4.93. The Bertz CT molecular complexity index is 1810. The molecule has 3 aliphatic rings. The van der Waals surface area contributed by atoms with Crippen molar-refractivity contribution in [3.8, 4) is 22.4 Å². The Morgan fingerprint density at radius 1 is 0.816 bits per heavy atom. The first kappa shape index (κ1) is 34.0. The summed E-state index contributed by atoms with van der Waals surface area (Å²) < 4.78 is 11.2. The van der Waals surface area contributed by atoms with Gasteiger partial charge in [-0.15, -0.1) is 0 Å². The highest BCUT2D eigenvalue weighted by Crippen LogP contribution is 2.36. The number of aromatic amines is 1. The molecule has 4 heterocycles. The lowest BCUT2D eigenvalue weighted by Crippen LogP contribution is -2.43. The van der Waals surface area contributed by atoms with Crippen LogP contribution < -0.4 is 0 Å². The van der Waals surface area contributed by atoms with Crippen molar-refractivity contribution in [2.45, 2.75) is 96.9 Å². The number of ether oxygens (including phenoxy) is 2. The average Bonchev–Trinajstić information content (AvgIpc) is 3.85. The van der Waals surface area contributed by atoms with Crippen LogP contribution in [0.25, 0.3) is 28.0 Å². The fourth-order valence-electron chi connectivity index (χ4n) is 6.72. The fraction of sp³-hybridized carbons (Fsp3) is 0.447. The number of amides is 2. The van der Waals surface area contributed by atoms with Gasteiger partial charge < -0.3 is 19.6 Å². The largest absolute Gasteiger partial charge is 0.478 e. The summed E-state index contributed by atoms with van der Waals surface area (Å²) in [7, 11) is 0. The van der Waals surface area contributed by atoms with E-state index in [2.05, 4.69) is 15.0 Å². The Balaban J connectivity index is 1.15. The molecule has 258 valence electrons. The van der Waals surface area contributed by atoms with Crippen LogP contribution in [-0.2, 0) is 9.47 Å². The standard InChI is InChI=1S/C38H45N5O6/c1-37(2,3)48-35(46)42-17-7-9-31(42)29-20-26(21-39-29)25-15-16-27(28(19-25)34(44)45)23-11-13-24(14-12-23)30-22-40-33(41-30)32-10-8-18-43(32)36(47)49-38(4,5)6/h11-16,19,21-22,31-32H,7-10,17-18,20H2,1-6H3,(H,40,41)(H,44,45)/t31-,32-/m0/s1. The van der Waals surface area contributed by atoms with Gasteiger partial charge in [-0.05, 0) is 101 Å². The van der Waals surface area contributed by atoms with E-state index in [1.165, 1.54) is 0 Å². The Labute approximate surface area is 287 Å². The minimum Gasteiger partial charge on any atom is -0.478 e. The minimum absolute atomic E-state index is 0.131. The van der Waals surface area contributed by atoms with E-state index in [-0.39, 0.29) is 29.8 Å². The zero-order valence-corrected chi connectivity index (χ0v) is 29.1. The smallest absolute Gasteiger partial charge is 0.410 e. The number of H-pyrrole nitrogens is 1. The lowest BCUT2D eigenvalue weighted by molar-refractivity contribution is 0.0216. The number of nitrogens with zero attached hydrogens (tertiary/aromatic N) is 4. The molecule has 2 fully saturated rings. The van der Waals surface area contributed by atoms with Crippen LogP contribution in [-0.4, -0.2) is 79.1 Å². The first-order valence-corrected chi connectivity index (χ1v) is 16.9. The van der Waals surface area contributed by atoms with E-state index in [1.54, 1.807) is 28.3 Å². The predicted octanol–water partition coefficient (Wildman–Crippen LogP) is 8.10. The third kappa shape index (κ3) is 7.55. The van der Waals surface area contributed by atoms with Gasteiger partial charge in [0.15, 0.2) is 0 Å². The number of hydrogen-bond acceptors (Lipinski definition) is 7. The van der Waals surface area contributed by atoms with E-state index in [1.807, 2.05) is 77.9 Å². The van der Waals surface area contributed by atoms with Crippen molar-refractivity contribution >= 4 is 29.4 Å². The second-order valence-electron chi connectivity index (χ2n) is 14.9. The summed E-state index contributed by atoms with van der Waals surface area (Å²) in [5, 5.41) is 10.2. The molecular formula is C38H45N5O6. The van der Waals surface area contributed by atoms with Crippen molar-refractivity contribution < 1.29 is 29.0 Å². The van der Waals surface area contributed by atoms with Gasteiger partial charge in [-0.3, -0.25) is 14.8 Å². The average molecular weight is 668 g/mol. The molecule has 2 saturated heterocycles. The molecule has 0 bridgehead atoms. The molecule has 0 aliphatic carbocycles. The van der Waals surface area contributed by atoms with Crippen molar-refractivity contribution in [3.05, 3.63) is 71.8 Å². The van der Waals surface area contributed by atoms with Gasteiger partial charge >= 0.3 is 18.2 Å². The lowest BCUT2D eigenvalue weighted by atomic mass is 9.92. The van der Waals surface area contributed by atoms with Gasteiger partial charge in [0, 0.05) is 31.4 Å². The number of benzene rings is 2. The number of aromatic carboxylic acids is 1. The van der Waals surface area contributed by atoms with Gasteiger partial charge in [0.2, 0.25) is 0 Å². The highest BCUT2D eigenvalue weighted by molar-refractivity contribution is 6.04. The molecule has 2 aromatic carbocycles. The van der Waals surface area contributed by atoms with E-state index in [9.17, 15) is 19.5 Å². The van der Waals surface area contributed by atoms with Crippen molar-refractivity contribution in [2.24, 2.45) is 4.99 Å². The number of carboxylic acid groups (broad SMARTS) is 1. The quantitative estimate of drug-likeness (QED) is 0.271. The number of likely N-dealkylation sites (tertiary alicyclic amines) is 2. The molecule has 3 aromatic rings. The summed E-state index contributed by atoms with van der Waals surface area (Å²) in [6.45, 7) is 12.4. The van der Waals surface area contributed by atoms with Gasteiger partial charge in [-0.25, -0.2) is 19.4 Å². The first-order chi connectivity index (χ1) is 23.2. The van der Waals surface area contributed by atoms with Crippen LogP contribution in [0.4, 0.5) is 9.59 Å². The molecule has 2 N–H and O–H groups in total. The molecule has 2 atom stereocenters. The Morgan fingerprint density at radius 2 is 1.39 bits per heavy atom. The molecule has 3 aliphatic heterocycles. The highest BCUT2D eigenvalue weighted by Gasteiger charge is 2.37. The number of allylic oxidation sites excluding steroid dienone is 1. The second-order valence-corrected chi connectivity index (χ2v) is 14.9. The monoisotopic (exact) mass is 667 g/mol. The summed E-state index contributed by atoms with van der Waals surface area (Å²) in [6.07, 6.45) is 6.79. The number of rotatable bonds is 6. The van der Waals surface area contributed by atoms with Crippen LogP contribution >= 0.6 is 0 Å². The Morgan fingerprint density at radius 3 is 2.00 bits per heavy atom. The summed E-state index contributed by atoms with van der Waals surface area (Å²) in [5.74, 6) is -0.304. The van der Waals surface area contributed by atoms with Crippen LogP contribution in [0.15, 0.2) is 59.9 Å². The summed E-state index contributed by atoms with van der Waals surface area (Å²) in [6, 6.07) is 12.8. The van der Waals surface area contributed by atoms with Crippen LogP contribution in [0.1, 0.15) is 101 Å². The number of hydrogen-bond donors (Lipinski definition) is 2. The minimum atomic E-state index is -1.02. The molecule has 0 spiro atoms. The van der Waals surface area contributed by atoms with Crippen LogP contribution in [0, 0.1) is 0 Å². The molecule has 49 heavy (non-hydrogen) atoms. The third-order valence-corrected chi connectivity index (χ3v) is 8.94. The normalized spacial score (nSPS) is 19.6. The number of aliphatic imine (C=N–C) groups is 1. The number of imidazole rings is 1. The maximum atomic E-state index is 12.8. The van der Waals surface area contributed by atoms with Gasteiger partial charge in [-0.2, -0.15) is 0 Å². The van der Waals surface area contributed by atoms with E-state index < -0.39 is 17.2 Å². The topological polar surface area (TPSA) is 137 Å². The summed E-state index contributed by atoms with van der Waals surface area (Å²) >= 11 is 0. The maximum Gasteiger partial charge on any atom is 0.410 e. The van der Waals surface area contributed by atoms with E-state index in [0.717, 1.165) is 59.4 Å². The molecular weight excluding hydrogens is 622 g/mol. The zero-order chi connectivity index (χ0) is 35.1. The molecule has 1 aromatic heterocycles. The maximum absolute atomic E-state index is 12.8. The van der Waals surface area contributed by atoms with Crippen LogP contribution in [0.2, 0.25) is 0 Å². The van der Waals surface area contributed by atoms with Gasteiger partial charge in [0.25, 0.3) is 0 Å². The molecule has 11 heteroatoms. The van der Waals surface area contributed by atoms with Crippen molar-refractivity contribution in [2.75, 3.05) is 13.1 Å². The summed E-state index contributed by atoms with van der Waals surface area (Å²) in [4.78, 5) is 54.3. The number of carbonyl (C=O) groups excluding carboxylic acids is 2. The molecule has 11 nitrogen and oxygen atoms in total. The SMILES string of the molecule is CC(C)(C)OC(=O)N1CCC[C@H]1C1=NC=C(c2ccc(-c3ccc(-c4cnc([C@@H]5CCCN5C(=O)OC(C)(C)C)[nH]4)cc3)c(C(=O)O)c2)C1. The zero-order valence-electron chi connectivity index (χ0n) is 29.1. The van der Waals surface area contributed by atoms with E-state index in [4.69, 9.17) is 9.47 Å². The number of nitrogens with one attached hydrogen (secondary N) is 1. The van der Waals surface area contributed by atoms with Crippen molar-refractivity contribution in [1.29, 1.82) is 0 Å². The fourth-order valence-corrected chi connectivity index (χ4v) is 6.72. The molecule has 0 unspecified atom stereocenters. The van der Waals surface area contributed by atoms with Crippen LogP contribution in [0.3, 0.4) is 0 Å². The molecule has 2 amide bonds. The van der Waals surface area contributed by atoms with E-state index in [0.29, 0.717) is 30.9 Å². The lowest BCUT2D eigenvalue weighted by Gasteiger charge is -2.28. The summed E-state index contributed by atoms with van der Waals surface area (Å²) in [5.41, 5.74) is 4.72. The number of carboxylic acids is 1. The highest BCUT2D eigenvalue weighted by atomic mass is 16.6.